The van der Waals surface area contributed by atoms with Crippen molar-refractivity contribution in [3.63, 3.8) is 0 Å². The van der Waals surface area contributed by atoms with E-state index in [9.17, 15) is 20.4 Å². The van der Waals surface area contributed by atoms with Crippen LogP contribution in [0.15, 0.2) is 6.07 Å². The van der Waals surface area contributed by atoms with Gasteiger partial charge in [-0.3, -0.25) is 0 Å². The molecule has 1 aromatic carbocycles. The molecule has 0 unspecified atom stereocenters. The number of aromatic hydroxyl groups is 2. The Hall–Kier alpha value is -1.30. The number of phenols is 2. The Labute approximate surface area is 148 Å². The Bertz CT molecular complexity index is 725. The first-order valence-corrected chi connectivity index (χ1v) is 9.23. The average Bonchev–Trinajstić information content (AvgIpc) is 2.51. The average molecular weight is 348 g/mol. The normalized spacial score (nSPS) is 38.5. The number of benzene rings is 1. The van der Waals surface area contributed by atoms with Crippen molar-refractivity contribution >= 4 is 0 Å². The number of phenolic OH excluding ortho intramolecular Hbond substituents is 2. The summed E-state index contributed by atoms with van der Waals surface area (Å²) in [6, 6.07) is 1.84. The summed E-state index contributed by atoms with van der Waals surface area (Å²) in [6.45, 7) is 8.10. The van der Waals surface area contributed by atoms with Crippen LogP contribution >= 0.6 is 0 Å². The van der Waals surface area contributed by atoms with Crippen LogP contribution in [0.2, 0.25) is 0 Å². The number of ether oxygens (including phenoxy) is 1. The molecule has 138 valence electrons. The van der Waals surface area contributed by atoms with E-state index in [-0.39, 0.29) is 28.7 Å². The number of aliphatic hydroxyl groups excluding tert-OH is 2. The topological polar surface area (TPSA) is 90.2 Å². The number of hydrogen-bond acceptors (Lipinski definition) is 5. The van der Waals surface area contributed by atoms with Crippen molar-refractivity contribution in [2.45, 2.75) is 76.8 Å². The third-order valence-electron chi connectivity index (χ3n) is 6.90. The van der Waals surface area contributed by atoms with Crippen molar-refractivity contribution in [3.8, 4) is 11.5 Å². The quantitative estimate of drug-likeness (QED) is 0.586. The van der Waals surface area contributed by atoms with Gasteiger partial charge in [0.05, 0.1) is 11.5 Å². The summed E-state index contributed by atoms with van der Waals surface area (Å²) in [6.07, 6.45) is -0.0799. The molecule has 25 heavy (non-hydrogen) atoms. The molecule has 1 spiro atoms. The van der Waals surface area contributed by atoms with E-state index in [0.717, 1.165) is 12.8 Å². The molecule has 2 aliphatic heterocycles. The second-order valence-corrected chi connectivity index (χ2v) is 9.04. The third kappa shape index (κ3) is 1.95. The summed E-state index contributed by atoms with van der Waals surface area (Å²) in [4.78, 5) is 0. The van der Waals surface area contributed by atoms with Crippen LogP contribution in [0, 0.1) is 11.3 Å². The molecule has 5 heteroatoms. The zero-order valence-electron chi connectivity index (χ0n) is 15.3. The highest BCUT2D eigenvalue weighted by atomic mass is 16.6. The first kappa shape index (κ1) is 17.1. The van der Waals surface area contributed by atoms with Gasteiger partial charge >= 0.3 is 0 Å². The maximum absolute atomic E-state index is 11.1. The maximum Gasteiger partial charge on any atom is 0.165 e. The molecule has 1 saturated carbocycles. The monoisotopic (exact) mass is 348 g/mol. The van der Waals surface area contributed by atoms with Crippen LogP contribution < -0.4 is 0 Å². The molecule has 5 atom stereocenters. The molecule has 2 bridgehead atoms. The van der Waals surface area contributed by atoms with Crippen LogP contribution in [-0.4, -0.2) is 32.8 Å². The highest BCUT2D eigenvalue weighted by molar-refractivity contribution is 5.61. The largest absolute Gasteiger partial charge is 0.504 e. The molecule has 1 saturated heterocycles. The Balaban J connectivity index is 2.05. The lowest BCUT2D eigenvalue weighted by atomic mass is 9.46. The van der Waals surface area contributed by atoms with Gasteiger partial charge in [0.1, 0.15) is 6.10 Å². The zero-order valence-corrected chi connectivity index (χ0v) is 15.3. The van der Waals surface area contributed by atoms with Gasteiger partial charge in [0.25, 0.3) is 0 Å². The predicted octanol–water partition coefficient (Wildman–Crippen LogP) is 3.05. The summed E-state index contributed by atoms with van der Waals surface area (Å²) in [5.41, 5.74) is 0.850. The van der Waals surface area contributed by atoms with Gasteiger partial charge in [-0.15, -0.1) is 0 Å². The van der Waals surface area contributed by atoms with Gasteiger partial charge in [-0.05, 0) is 35.8 Å². The van der Waals surface area contributed by atoms with E-state index in [1.54, 1.807) is 0 Å². The molecule has 0 aromatic heterocycles. The molecular formula is C20H28O5. The molecule has 4 aliphatic rings. The number of hydrogen-bond donors (Lipinski definition) is 4. The van der Waals surface area contributed by atoms with Crippen LogP contribution in [0.25, 0.3) is 0 Å². The Kier molecular flexibility index (Phi) is 3.51. The van der Waals surface area contributed by atoms with E-state index in [0.29, 0.717) is 23.1 Å². The summed E-state index contributed by atoms with van der Waals surface area (Å²) >= 11 is 0. The van der Waals surface area contributed by atoms with Gasteiger partial charge in [0.15, 0.2) is 17.8 Å². The molecule has 5 nitrogen and oxygen atoms in total. The van der Waals surface area contributed by atoms with Crippen molar-refractivity contribution in [3.05, 3.63) is 22.8 Å². The van der Waals surface area contributed by atoms with Gasteiger partial charge < -0.3 is 25.2 Å². The molecule has 5 rings (SSSR count). The van der Waals surface area contributed by atoms with E-state index in [1.165, 1.54) is 0 Å². The highest BCUT2D eigenvalue weighted by Gasteiger charge is 2.67. The fourth-order valence-electron chi connectivity index (χ4n) is 5.92. The van der Waals surface area contributed by atoms with E-state index >= 15 is 0 Å². The van der Waals surface area contributed by atoms with Crippen molar-refractivity contribution in [2.24, 2.45) is 11.3 Å². The van der Waals surface area contributed by atoms with Crippen molar-refractivity contribution in [2.75, 3.05) is 0 Å². The molecule has 0 amide bonds. The van der Waals surface area contributed by atoms with Gasteiger partial charge in [-0.1, -0.05) is 34.1 Å². The van der Waals surface area contributed by atoms with Crippen LogP contribution in [0.3, 0.4) is 0 Å². The minimum absolute atomic E-state index is 0.0230. The zero-order chi connectivity index (χ0) is 18.3. The first-order valence-electron chi connectivity index (χ1n) is 9.23. The van der Waals surface area contributed by atoms with E-state index < -0.39 is 23.9 Å². The SMILES string of the molecule is CC(C)c1cc2c(c(O)c1O)[C@@]13CCCC(C)(C)[C@@H]1[C@@H](O)[C@@H]2O[C@@H]3O. The van der Waals surface area contributed by atoms with Crippen molar-refractivity contribution in [1.29, 1.82) is 0 Å². The number of fused-ring (bicyclic) bond motifs is 1. The molecular weight excluding hydrogens is 320 g/mol. The van der Waals surface area contributed by atoms with Crippen LogP contribution in [0.5, 0.6) is 11.5 Å². The minimum atomic E-state index is -1.09. The van der Waals surface area contributed by atoms with E-state index in [2.05, 4.69) is 13.8 Å². The molecule has 2 heterocycles. The molecule has 0 radical (unpaired) electrons. The van der Waals surface area contributed by atoms with Crippen LogP contribution in [0.4, 0.5) is 0 Å². The first-order chi connectivity index (χ1) is 11.6. The fraction of sp³-hybridized carbons (Fsp3) is 0.700. The van der Waals surface area contributed by atoms with E-state index in [4.69, 9.17) is 4.74 Å². The van der Waals surface area contributed by atoms with Gasteiger partial charge in [0.2, 0.25) is 0 Å². The lowest BCUT2D eigenvalue weighted by Crippen LogP contribution is -2.67. The van der Waals surface area contributed by atoms with Gasteiger partial charge in [-0.25, -0.2) is 0 Å². The predicted molar refractivity (Wildman–Crippen MR) is 92.5 cm³/mol. The van der Waals surface area contributed by atoms with Crippen molar-refractivity contribution < 1.29 is 25.2 Å². The summed E-state index contributed by atoms with van der Waals surface area (Å²) < 4.78 is 5.82. The van der Waals surface area contributed by atoms with Gasteiger partial charge in [-0.2, -0.15) is 0 Å². The molecule has 1 aromatic rings. The second-order valence-electron chi connectivity index (χ2n) is 9.04. The van der Waals surface area contributed by atoms with Crippen molar-refractivity contribution in [1.82, 2.24) is 0 Å². The summed E-state index contributed by atoms with van der Waals surface area (Å²) in [5.74, 6) is -0.470. The minimum Gasteiger partial charge on any atom is -0.504 e. The van der Waals surface area contributed by atoms with E-state index in [1.807, 2.05) is 19.9 Å². The standard InChI is InChI=1S/C20H28O5/c1-9(2)10-8-11-12(14(22)13(10)21)20-7-5-6-19(3,4)17(20)15(23)16(11)25-18(20)24/h8-9,15-18,21-24H,5-7H2,1-4H3/t15-,16+,17-,18-,20-/m0/s1. The molecule has 2 aliphatic carbocycles. The Morgan fingerprint density at radius 1 is 1.12 bits per heavy atom. The number of aliphatic hydroxyl groups is 2. The number of rotatable bonds is 1. The molecule has 4 N–H and O–H groups in total. The summed E-state index contributed by atoms with van der Waals surface area (Å²) in [5, 5.41) is 43.4. The lowest BCUT2D eigenvalue weighted by Gasteiger charge is -2.64. The highest BCUT2D eigenvalue weighted by Crippen LogP contribution is 2.67. The smallest absolute Gasteiger partial charge is 0.165 e. The fourth-order valence-corrected chi connectivity index (χ4v) is 5.92. The maximum atomic E-state index is 11.1. The second kappa shape index (κ2) is 5.12. The summed E-state index contributed by atoms with van der Waals surface area (Å²) in [7, 11) is 0. The molecule has 2 fully saturated rings. The van der Waals surface area contributed by atoms with Gasteiger partial charge in [0, 0.05) is 17.0 Å². The Morgan fingerprint density at radius 2 is 1.80 bits per heavy atom. The van der Waals surface area contributed by atoms with Crippen LogP contribution in [-0.2, 0) is 10.2 Å². The van der Waals surface area contributed by atoms with Crippen LogP contribution in [0.1, 0.15) is 75.7 Å². The third-order valence-corrected chi connectivity index (χ3v) is 6.90. The lowest BCUT2D eigenvalue weighted by molar-refractivity contribution is -0.303. The Morgan fingerprint density at radius 3 is 2.44 bits per heavy atom.